The van der Waals surface area contributed by atoms with Gasteiger partial charge >= 0.3 is 6.09 Å². The highest BCUT2D eigenvalue weighted by Gasteiger charge is 2.27. The first-order valence-corrected chi connectivity index (χ1v) is 10.00. The second-order valence-electron chi connectivity index (χ2n) is 8.48. The van der Waals surface area contributed by atoms with E-state index in [1.165, 1.54) is 5.56 Å². The molecule has 0 bridgehead atoms. The van der Waals surface area contributed by atoms with Crippen LogP contribution in [0, 0.1) is 5.92 Å². The molecule has 0 aliphatic carbocycles. The molecule has 1 N–H and O–H groups in total. The summed E-state index contributed by atoms with van der Waals surface area (Å²) in [5.41, 5.74) is 1.69. The van der Waals surface area contributed by atoms with Crippen molar-refractivity contribution in [1.29, 1.82) is 0 Å². The van der Waals surface area contributed by atoms with E-state index < -0.39 is 5.60 Å². The van der Waals surface area contributed by atoms with Gasteiger partial charge in [-0.1, -0.05) is 6.07 Å². The number of nitrogens with zero attached hydrogens (tertiary/aromatic N) is 1. The van der Waals surface area contributed by atoms with Crippen LogP contribution in [0.5, 0.6) is 5.75 Å². The van der Waals surface area contributed by atoms with Crippen LogP contribution in [0.25, 0.3) is 6.08 Å². The SMILES string of the molecule is CC(C)(C)OC(=O)N1CCCC(CNC(=O)C=Cc2ccc3c(c2)CCO3)C1. The summed E-state index contributed by atoms with van der Waals surface area (Å²) in [7, 11) is 0. The molecule has 2 aliphatic heterocycles. The summed E-state index contributed by atoms with van der Waals surface area (Å²) in [6.45, 7) is 8.21. The van der Waals surface area contributed by atoms with Gasteiger partial charge in [0.05, 0.1) is 6.61 Å². The van der Waals surface area contributed by atoms with Crippen LogP contribution in [0.2, 0.25) is 0 Å². The Hall–Kier alpha value is -2.50. The number of carbonyl (C=O) groups excluding carboxylic acids is 2. The normalized spacial score (nSPS) is 19.2. The van der Waals surface area contributed by atoms with Crippen molar-refractivity contribution in [2.24, 2.45) is 5.92 Å². The highest BCUT2D eigenvalue weighted by Crippen LogP contribution is 2.26. The van der Waals surface area contributed by atoms with Crippen LogP contribution in [-0.4, -0.2) is 48.7 Å². The zero-order chi connectivity index (χ0) is 20.1. The Labute approximate surface area is 166 Å². The van der Waals surface area contributed by atoms with Gasteiger partial charge in [-0.2, -0.15) is 0 Å². The van der Waals surface area contributed by atoms with Crippen molar-refractivity contribution >= 4 is 18.1 Å². The Balaban J connectivity index is 1.45. The van der Waals surface area contributed by atoms with E-state index in [2.05, 4.69) is 11.4 Å². The molecule has 0 saturated carbocycles. The molecule has 6 nitrogen and oxygen atoms in total. The van der Waals surface area contributed by atoms with Gasteiger partial charge in [-0.3, -0.25) is 4.79 Å². The Morgan fingerprint density at radius 2 is 2.18 bits per heavy atom. The fraction of sp³-hybridized carbons (Fsp3) is 0.545. The summed E-state index contributed by atoms with van der Waals surface area (Å²) in [5.74, 6) is 1.07. The highest BCUT2D eigenvalue weighted by molar-refractivity contribution is 5.91. The van der Waals surface area contributed by atoms with Crippen molar-refractivity contribution in [2.45, 2.75) is 45.6 Å². The van der Waals surface area contributed by atoms with E-state index in [0.717, 1.165) is 37.2 Å². The van der Waals surface area contributed by atoms with Gasteiger partial charge in [0.15, 0.2) is 0 Å². The van der Waals surface area contributed by atoms with Crippen LogP contribution in [0.3, 0.4) is 0 Å². The average Bonchev–Trinajstić information content (AvgIpc) is 3.11. The maximum absolute atomic E-state index is 12.2. The molecule has 1 fully saturated rings. The van der Waals surface area contributed by atoms with Crippen LogP contribution in [0.1, 0.15) is 44.7 Å². The molecule has 2 aliphatic rings. The number of amides is 2. The van der Waals surface area contributed by atoms with Crippen LogP contribution in [-0.2, 0) is 16.0 Å². The Bertz CT molecular complexity index is 751. The molecule has 1 unspecified atom stereocenters. The lowest BCUT2D eigenvalue weighted by molar-refractivity contribution is -0.116. The van der Waals surface area contributed by atoms with Gasteiger partial charge in [-0.05, 0) is 68.9 Å². The van der Waals surface area contributed by atoms with Gasteiger partial charge in [0, 0.05) is 32.1 Å². The number of fused-ring (bicyclic) bond motifs is 1. The molecule has 1 saturated heterocycles. The van der Waals surface area contributed by atoms with Crippen LogP contribution in [0.4, 0.5) is 4.79 Å². The van der Waals surface area contributed by atoms with Crippen molar-refractivity contribution < 1.29 is 19.1 Å². The molecule has 152 valence electrons. The second-order valence-corrected chi connectivity index (χ2v) is 8.48. The first-order valence-electron chi connectivity index (χ1n) is 10.00. The first kappa shape index (κ1) is 20.2. The van der Waals surface area contributed by atoms with Gasteiger partial charge < -0.3 is 19.7 Å². The highest BCUT2D eigenvalue weighted by atomic mass is 16.6. The van der Waals surface area contributed by atoms with E-state index in [-0.39, 0.29) is 17.9 Å². The number of ether oxygens (including phenoxy) is 2. The summed E-state index contributed by atoms with van der Waals surface area (Å²) < 4.78 is 10.9. The quantitative estimate of drug-likeness (QED) is 0.806. The molecule has 28 heavy (non-hydrogen) atoms. The third-order valence-corrected chi connectivity index (χ3v) is 4.88. The summed E-state index contributed by atoms with van der Waals surface area (Å²) >= 11 is 0. The lowest BCUT2D eigenvalue weighted by Gasteiger charge is -2.34. The van der Waals surface area contributed by atoms with Gasteiger partial charge in [-0.25, -0.2) is 4.79 Å². The molecule has 0 radical (unpaired) electrons. The van der Waals surface area contributed by atoms with E-state index in [4.69, 9.17) is 9.47 Å². The number of hydrogen-bond donors (Lipinski definition) is 1. The van der Waals surface area contributed by atoms with E-state index in [0.29, 0.717) is 19.6 Å². The first-order chi connectivity index (χ1) is 13.3. The second kappa shape index (κ2) is 8.67. The minimum Gasteiger partial charge on any atom is -0.493 e. The van der Waals surface area contributed by atoms with Crippen molar-refractivity contribution in [3.8, 4) is 5.75 Å². The molecule has 1 aromatic rings. The summed E-state index contributed by atoms with van der Waals surface area (Å²) in [6.07, 6.45) is 5.94. The summed E-state index contributed by atoms with van der Waals surface area (Å²) in [5, 5.41) is 2.95. The lowest BCUT2D eigenvalue weighted by Crippen LogP contribution is -2.45. The van der Waals surface area contributed by atoms with Crippen LogP contribution >= 0.6 is 0 Å². The number of piperidine rings is 1. The van der Waals surface area contributed by atoms with E-state index in [1.54, 1.807) is 11.0 Å². The fourth-order valence-corrected chi connectivity index (χ4v) is 3.51. The van der Waals surface area contributed by atoms with Gasteiger partial charge in [0.25, 0.3) is 0 Å². The molecule has 2 amide bonds. The van der Waals surface area contributed by atoms with Crippen molar-refractivity contribution in [3.63, 3.8) is 0 Å². The van der Waals surface area contributed by atoms with E-state index in [9.17, 15) is 9.59 Å². The third kappa shape index (κ3) is 5.75. The molecule has 1 atom stereocenters. The Kier molecular flexibility index (Phi) is 6.27. The van der Waals surface area contributed by atoms with Crippen LogP contribution < -0.4 is 10.1 Å². The fourth-order valence-electron chi connectivity index (χ4n) is 3.51. The number of benzene rings is 1. The van der Waals surface area contributed by atoms with E-state index >= 15 is 0 Å². The smallest absolute Gasteiger partial charge is 0.410 e. The summed E-state index contributed by atoms with van der Waals surface area (Å²) in [4.78, 5) is 26.1. The van der Waals surface area contributed by atoms with Crippen molar-refractivity contribution in [3.05, 3.63) is 35.4 Å². The van der Waals surface area contributed by atoms with Gasteiger partial charge in [0.1, 0.15) is 11.4 Å². The molecule has 1 aromatic carbocycles. The van der Waals surface area contributed by atoms with Gasteiger partial charge in [-0.15, -0.1) is 0 Å². The molecular formula is C22H30N2O4. The maximum atomic E-state index is 12.2. The molecule has 0 aromatic heterocycles. The number of nitrogens with one attached hydrogen (secondary N) is 1. The topological polar surface area (TPSA) is 67.9 Å². The van der Waals surface area contributed by atoms with Crippen molar-refractivity contribution in [2.75, 3.05) is 26.2 Å². The van der Waals surface area contributed by atoms with Gasteiger partial charge in [0.2, 0.25) is 5.91 Å². The predicted molar refractivity (Wildman–Crippen MR) is 108 cm³/mol. The summed E-state index contributed by atoms with van der Waals surface area (Å²) in [6, 6.07) is 5.97. The average molecular weight is 386 g/mol. The minimum absolute atomic E-state index is 0.119. The molecule has 0 spiro atoms. The lowest BCUT2D eigenvalue weighted by atomic mass is 9.98. The predicted octanol–water partition coefficient (Wildman–Crippen LogP) is 3.40. The zero-order valence-electron chi connectivity index (χ0n) is 17.0. The molecule has 6 heteroatoms. The maximum Gasteiger partial charge on any atom is 0.410 e. The zero-order valence-corrected chi connectivity index (χ0v) is 17.0. The molecule has 3 rings (SSSR count). The number of hydrogen-bond acceptors (Lipinski definition) is 4. The number of carbonyl (C=O) groups is 2. The van der Waals surface area contributed by atoms with Crippen LogP contribution in [0.15, 0.2) is 24.3 Å². The molecule has 2 heterocycles. The monoisotopic (exact) mass is 386 g/mol. The van der Waals surface area contributed by atoms with Crippen molar-refractivity contribution in [1.82, 2.24) is 10.2 Å². The molecular weight excluding hydrogens is 356 g/mol. The number of rotatable bonds is 4. The Morgan fingerprint density at radius 1 is 1.36 bits per heavy atom. The standard InChI is InChI=1S/C22H30N2O4/c1-22(2,3)28-21(26)24-11-4-5-17(15-24)14-23-20(25)9-7-16-6-8-19-18(13-16)10-12-27-19/h6-9,13,17H,4-5,10-12,14-15H2,1-3H3,(H,23,25). The largest absolute Gasteiger partial charge is 0.493 e. The third-order valence-electron chi connectivity index (χ3n) is 4.88. The number of likely N-dealkylation sites (tertiary alicyclic amines) is 1. The minimum atomic E-state index is -0.493. The van der Waals surface area contributed by atoms with E-state index in [1.807, 2.05) is 39.0 Å². The Morgan fingerprint density at radius 3 is 2.96 bits per heavy atom.